The highest BCUT2D eigenvalue weighted by Crippen LogP contribution is 2.38. The minimum Gasteiger partial charge on any atom is -0.356 e. The molecule has 0 fully saturated rings. The molecule has 3 atom stereocenters. The van der Waals surface area contributed by atoms with Crippen molar-refractivity contribution in [2.75, 3.05) is 14.1 Å². The van der Waals surface area contributed by atoms with Gasteiger partial charge in [0.1, 0.15) is 5.82 Å². The summed E-state index contributed by atoms with van der Waals surface area (Å²) in [6.07, 6.45) is 10.8. The first-order valence-corrected chi connectivity index (χ1v) is 11.8. The molecule has 1 amide bonds. The molecule has 0 spiro atoms. The summed E-state index contributed by atoms with van der Waals surface area (Å²) in [6.45, 7) is 16.0. The van der Waals surface area contributed by atoms with Crippen LogP contribution in [0.5, 0.6) is 0 Å². The van der Waals surface area contributed by atoms with Gasteiger partial charge in [-0.05, 0) is 49.8 Å². The van der Waals surface area contributed by atoms with Crippen LogP contribution in [0, 0.1) is 11.8 Å². The molecule has 0 radical (unpaired) electrons. The van der Waals surface area contributed by atoms with Crippen LogP contribution in [0.15, 0.2) is 65.1 Å². The first kappa shape index (κ1) is 25.6. The van der Waals surface area contributed by atoms with Gasteiger partial charge in [-0.25, -0.2) is 4.99 Å². The molecular weight excluding hydrogens is 398 g/mol. The molecule has 5 heteroatoms. The molecule has 2 heterocycles. The Hall–Kier alpha value is -2.69. The third-order valence-electron chi connectivity index (χ3n) is 6.72. The fraction of sp³-hybridized carbons (Fsp3) is 0.519. The number of carbonyl (C=O) groups excluding carboxylic acids is 2. The molecule has 0 saturated heterocycles. The Morgan fingerprint density at radius 1 is 1.25 bits per heavy atom. The van der Waals surface area contributed by atoms with Crippen LogP contribution in [0.2, 0.25) is 0 Å². The van der Waals surface area contributed by atoms with E-state index in [9.17, 15) is 9.59 Å². The van der Waals surface area contributed by atoms with Crippen LogP contribution in [-0.2, 0) is 9.59 Å². The van der Waals surface area contributed by atoms with Crippen molar-refractivity contribution in [2.24, 2.45) is 16.8 Å². The molecule has 0 bridgehead atoms. The smallest absolute Gasteiger partial charge is 0.230 e. The Bertz CT molecular complexity index is 891. The Morgan fingerprint density at radius 3 is 2.56 bits per heavy atom. The molecule has 5 nitrogen and oxygen atoms in total. The van der Waals surface area contributed by atoms with E-state index >= 15 is 0 Å². The molecule has 32 heavy (non-hydrogen) atoms. The topological polar surface area (TPSA) is 53.0 Å². The molecule has 3 rings (SSSR count). The van der Waals surface area contributed by atoms with Crippen molar-refractivity contribution in [3.63, 3.8) is 0 Å². The van der Waals surface area contributed by atoms with Gasteiger partial charge in [0.2, 0.25) is 5.91 Å². The Kier molecular flexibility index (Phi) is 8.99. The van der Waals surface area contributed by atoms with Crippen LogP contribution in [0.1, 0.15) is 59.8 Å². The average molecular weight is 438 g/mol. The number of carbonyl (C=O) groups is 2. The summed E-state index contributed by atoms with van der Waals surface area (Å²) in [4.78, 5) is 33.8. The van der Waals surface area contributed by atoms with Gasteiger partial charge < -0.3 is 9.80 Å². The average Bonchev–Trinajstić information content (AvgIpc) is 3.05. The zero-order valence-electron chi connectivity index (χ0n) is 20.6. The maximum Gasteiger partial charge on any atom is 0.230 e. The van der Waals surface area contributed by atoms with Crippen molar-refractivity contribution < 1.29 is 9.59 Å². The second-order valence-corrected chi connectivity index (χ2v) is 8.61. The van der Waals surface area contributed by atoms with Crippen molar-refractivity contribution in [3.8, 4) is 0 Å². The number of amides is 1. The van der Waals surface area contributed by atoms with Crippen LogP contribution >= 0.6 is 0 Å². The summed E-state index contributed by atoms with van der Waals surface area (Å²) in [7, 11) is 3.84. The second-order valence-electron chi connectivity index (χ2n) is 8.61. The van der Waals surface area contributed by atoms with E-state index in [1.54, 1.807) is 11.0 Å². The maximum atomic E-state index is 13.2. The van der Waals surface area contributed by atoms with Crippen LogP contribution in [0.4, 0.5) is 0 Å². The highest BCUT2D eigenvalue weighted by Gasteiger charge is 2.35. The normalized spacial score (nSPS) is 26.2. The van der Waals surface area contributed by atoms with Crippen LogP contribution in [0.25, 0.3) is 0 Å². The molecule has 0 aromatic heterocycles. The fourth-order valence-electron chi connectivity index (χ4n) is 4.67. The van der Waals surface area contributed by atoms with Crippen molar-refractivity contribution in [2.45, 2.75) is 65.8 Å². The predicted molar refractivity (Wildman–Crippen MR) is 133 cm³/mol. The van der Waals surface area contributed by atoms with Gasteiger partial charge in [-0.3, -0.25) is 9.59 Å². The number of hydrogen-bond donors (Lipinski definition) is 0. The van der Waals surface area contributed by atoms with Crippen molar-refractivity contribution in [1.29, 1.82) is 0 Å². The molecule has 174 valence electrons. The summed E-state index contributed by atoms with van der Waals surface area (Å²) in [5.41, 5.74) is 4.15. The fourth-order valence-corrected chi connectivity index (χ4v) is 4.67. The Balaban J connectivity index is 0.00000176. The van der Waals surface area contributed by atoms with E-state index in [0.717, 1.165) is 24.4 Å². The number of hydrogen-bond acceptors (Lipinski definition) is 4. The summed E-state index contributed by atoms with van der Waals surface area (Å²) in [5.74, 6) is 1.42. The quantitative estimate of drug-likeness (QED) is 0.499. The standard InChI is InChI=1S/C25H33N3O2.C2H6/c1-7-9-20-17(4)27(5)23(10-8-2)26-25(20)22(29)12-11-18-14-21-19(13-16(18)3)15-24(30)28(21)6;1-2/h7-8,10,14,16-17,20H,1-2,9,11-13,15H2,3-6H3;1-2H3/b23-10-;. The monoisotopic (exact) mass is 437 g/mol. The van der Waals surface area contributed by atoms with E-state index in [1.165, 1.54) is 11.1 Å². The molecular formula is C27H39N3O2. The lowest BCUT2D eigenvalue weighted by Crippen LogP contribution is -2.45. The van der Waals surface area contributed by atoms with Gasteiger partial charge in [0.15, 0.2) is 5.78 Å². The van der Waals surface area contributed by atoms with E-state index in [-0.39, 0.29) is 23.7 Å². The van der Waals surface area contributed by atoms with Gasteiger partial charge >= 0.3 is 0 Å². The SMILES string of the molecule is C=C/C=C1/N=C(C(=O)CCC2=CC3=C(CC(=O)N3C)CC2C)C(CC=C)C(C)N1C.CC. The van der Waals surface area contributed by atoms with Crippen molar-refractivity contribution in [3.05, 3.63) is 60.1 Å². The van der Waals surface area contributed by atoms with Crippen LogP contribution in [0.3, 0.4) is 0 Å². The summed E-state index contributed by atoms with van der Waals surface area (Å²) in [6, 6.07) is 0.157. The number of ketones is 1. The van der Waals surface area contributed by atoms with E-state index in [0.29, 0.717) is 30.9 Å². The van der Waals surface area contributed by atoms with Crippen LogP contribution < -0.4 is 0 Å². The third-order valence-corrected chi connectivity index (χ3v) is 6.72. The molecule has 1 aliphatic carbocycles. The molecule has 0 aromatic rings. The van der Waals surface area contributed by atoms with Crippen molar-refractivity contribution in [1.82, 2.24) is 9.80 Å². The number of Topliss-reactive ketones (excluding diaryl/α,β-unsaturated/α-hetero) is 1. The summed E-state index contributed by atoms with van der Waals surface area (Å²) in [5, 5.41) is 0. The number of likely N-dealkylation sites (N-methyl/N-ethyl adjacent to an activating group) is 1. The molecule has 0 saturated carbocycles. The highest BCUT2D eigenvalue weighted by atomic mass is 16.2. The van der Waals surface area contributed by atoms with Crippen LogP contribution in [-0.4, -0.2) is 47.3 Å². The molecule has 3 aliphatic rings. The van der Waals surface area contributed by atoms with Gasteiger partial charge in [-0.15, -0.1) is 6.58 Å². The summed E-state index contributed by atoms with van der Waals surface area (Å²) < 4.78 is 0. The zero-order chi connectivity index (χ0) is 24.0. The third kappa shape index (κ3) is 5.20. The molecule has 0 N–H and O–H groups in total. The number of rotatable bonds is 7. The van der Waals surface area contributed by atoms with Gasteiger partial charge in [-0.2, -0.15) is 0 Å². The second kappa shape index (κ2) is 11.3. The highest BCUT2D eigenvalue weighted by molar-refractivity contribution is 6.41. The molecule has 3 unspecified atom stereocenters. The molecule has 0 aromatic carbocycles. The molecule has 2 aliphatic heterocycles. The van der Waals surface area contributed by atoms with E-state index in [2.05, 4.69) is 38.0 Å². The van der Waals surface area contributed by atoms with Gasteiger partial charge in [0.25, 0.3) is 0 Å². The van der Waals surface area contributed by atoms with E-state index in [1.807, 2.05) is 40.1 Å². The number of nitrogens with zero attached hydrogens (tertiary/aromatic N) is 3. The first-order chi connectivity index (χ1) is 15.3. The summed E-state index contributed by atoms with van der Waals surface area (Å²) >= 11 is 0. The van der Waals surface area contributed by atoms with Crippen molar-refractivity contribution >= 4 is 17.4 Å². The Labute approximate surface area is 194 Å². The van der Waals surface area contributed by atoms with Gasteiger partial charge in [0, 0.05) is 38.2 Å². The van der Waals surface area contributed by atoms with E-state index in [4.69, 9.17) is 4.99 Å². The predicted octanol–water partition coefficient (Wildman–Crippen LogP) is 5.44. The number of allylic oxidation sites excluding steroid dienone is 5. The first-order valence-electron chi connectivity index (χ1n) is 11.8. The maximum absolute atomic E-state index is 13.2. The lowest BCUT2D eigenvalue weighted by molar-refractivity contribution is -0.126. The lowest BCUT2D eigenvalue weighted by atomic mass is 9.82. The minimum atomic E-state index is 0.0348. The van der Waals surface area contributed by atoms with Gasteiger partial charge in [-0.1, -0.05) is 45.1 Å². The Morgan fingerprint density at radius 2 is 1.94 bits per heavy atom. The van der Waals surface area contributed by atoms with Gasteiger partial charge in [0.05, 0.1) is 12.1 Å². The minimum absolute atomic E-state index is 0.0348. The largest absolute Gasteiger partial charge is 0.356 e. The lowest BCUT2D eigenvalue weighted by Gasteiger charge is -2.38. The zero-order valence-corrected chi connectivity index (χ0v) is 20.6. The number of aliphatic imine (C=N–C) groups is 1. The van der Waals surface area contributed by atoms with E-state index < -0.39 is 0 Å².